The standard InChI is InChI=1S/C10H19NO3/c1-3-9(10(13)14)11(2)6-7-4-8(12)5-7/h7-9,12H,3-6H2,1-2H3,(H,13,14). The van der Waals surface area contributed by atoms with Gasteiger partial charge >= 0.3 is 5.97 Å². The predicted octanol–water partition coefficient (Wildman–Crippen LogP) is 0.552. The molecule has 0 saturated heterocycles. The van der Waals surface area contributed by atoms with Crippen LogP contribution < -0.4 is 0 Å². The molecule has 0 aromatic rings. The van der Waals surface area contributed by atoms with Crippen LogP contribution in [0.15, 0.2) is 0 Å². The number of carboxylic acid groups (broad SMARTS) is 1. The van der Waals surface area contributed by atoms with Gasteiger partial charge in [0.1, 0.15) is 6.04 Å². The van der Waals surface area contributed by atoms with Gasteiger partial charge in [-0.3, -0.25) is 9.69 Å². The van der Waals surface area contributed by atoms with Crippen molar-refractivity contribution in [1.82, 2.24) is 4.90 Å². The Kier molecular flexibility index (Phi) is 3.89. The number of hydrogen-bond donors (Lipinski definition) is 2. The third-order valence-electron chi connectivity index (χ3n) is 2.96. The Morgan fingerprint density at radius 3 is 2.50 bits per heavy atom. The van der Waals surface area contributed by atoms with E-state index in [0.717, 1.165) is 19.4 Å². The molecule has 2 N–H and O–H groups in total. The molecule has 0 amide bonds. The van der Waals surface area contributed by atoms with Gasteiger partial charge in [-0.05, 0) is 32.2 Å². The smallest absolute Gasteiger partial charge is 0.320 e. The highest BCUT2D eigenvalue weighted by Gasteiger charge is 2.30. The number of aliphatic carboxylic acids is 1. The number of likely N-dealkylation sites (N-methyl/N-ethyl adjacent to an activating group) is 1. The second-order valence-electron chi connectivity index (χ2n) is 4.19. The molecule has 1 unspecified atom stereocenters. The molecule has 0 radical (unpaired) electrons. The highest BCUT2D eigenvalue weighted by Crippen LogP contribution is 2.28. The summed E-state index contributed by atoms with van der Waals surface area (Å²) in [5.41, 5.74) is 0. The fourth-order valence-electron chi connectivity index (χ4n) is 2.06. The summed E-state index contributed by atoms with van der Waals surface area (Å²) in [4.78, 5) is 12.7. The van der Waals surface area contributed by atoms with Crippen molar-refractivity contribution < 1.29 is 15.0 Å². The highest BCUT2D eigenvalue weighted by molar-refractivity contribution is 5.73. The molecule has 0 aromatic carbocycles. The van der Waals surface area contributed by atoms with E-state index in [-0.39, 0.29) is 12.1 Å². The van der Waals surface area contributed by atoms with Crippen molar-refractivity contribution in [3.63, 3.8) is 0 Å². The van der Waals surface area contributed by atoms with E-state index in [4.69, 9.17) is 10.2 Å². The second kappa shape index (κ2) is 4.75. The van der Waals surface area contributed by atoms with Gasteiger partial charge in [-0.1, -0.05) is 6.92 Å². The quantitative estimate of drug-likeness (QED) is 0.682. The van der Waals surface area contributed by atoms with E-state index in [2.05, 4.69) is 0 Å². The Labute approximate surface area is 84.5 Å². The molecule has 82 valence electrons. The molecule has 1 rings (SSSR count). The fraction of sp³-hybridized carbons (Fsp3) is 0.900. The average molecular weight is 201 g/mol. The maximum atomic E-state index is 10.8. The Hall–Kier alpha value is -0.610. The van der Waals surface area contributed by atoms with E-state index >= 15 is 0 Å². The van der Waals surface area contributed by atoms with Gasteiger partial charge in [0.2, 0.25) is 0 Å². The first-order valence-corrected chi connectivity index (χ1v) is 5.15. The number of hydrogen-bond acceptors (Lipinski definition) is 3. The number of nitrogens with zero attached hydrogens (tertiary/aromatic N) is 1. The molecule has 0 heterocycles. The van der Waals surface area contributed by atoms with Gasteiger partial charge in [0.15, 0.2) is 0 Å². The lowest BCUT2D eigenvalue weighted by Gasteiger charge is -2.36. The minimum Gasteiger partial charge on any atom is -0.480 e. The van der Waals surface area contributed by atoms with Crippen LogP contribution in [0.2, 0.25) is 0 Å². The first-order chi connectivity index (χ1) is 6.54. The number of aliphatic hydroxyl groups excluding tert-OH is 1. The van der Waals surface area contributed by atoms with Gasteiger partial charge in [-0.2, -0.15) is 0 Å². The molecule has 4 nitrogen and oxygen atoms in total. The molecular weight excluding hydrogens is 182 g/mol. The van der Waals surface area contributed by atoms with Crippen LogP contribution in [0.3, 0.4) is 0 Å². The lowest BCUT2D eigenvalue weighted by Crippen LogP contribution is -2.44. The first-order valence-electron chi connectivity index (χ1n) is 5.15. The topological polar surface area (TPSA) is 60.8 Å². The van der Waals surface area contributed by atoms with Crippen molar-refractivity contribution in [1.29, 1.82) is 0 Å². The summed E-state index contributed by atoms with van der Waals surface area (Å²) < 4.78 is 0. The van der Waals surface area contributed by atoms with Gasteiger partial charge in [-0.15, -0.1) is 0 Å². The average Bonchev–Trinajstić information content (AvgIpc) is 2.01. The summed E-state index contributed by atoms with van der Waals surface area (Å²) in [7, 11) is 1.84. The second-order valence-corrected chi connectivity index (χ2v) is 4.19. The zero-order valence-electron chi connectivity index (χ0n) is 8.81. The van der Waals surface area contributed by atoms with Crippen LogP contribution in [0.25, 0.3) is 0 Å². The van der Waals surface area contributed by atoms with E-state index < -0.39 is 5.97 Å². The summed E-state index contributed by atoms with van der Waals surface area (Å²) in [6, 6.07) is -0.382. The van der Waals surface area contributed by atoms with Crippen molar-refractivity contribution in [3.8, 4) is 0 Å². The molecular formula is C10H19NO3. The van der Waals surface area contributed by atoms with Gasteiger partial charge in [0.25, 0.3) is 0 Å². The van der Waals surface area contributed by atoms with Gasteiger partial charge in [-0.25, -0.2) is 0 Å². The molecule has 1 saturated carbocycles. The summed E-state index contributed by atoms with van der Waals surface area (Å²) in [5.74, 6) is -0.279. The van der Waals surface area contributed by atoms with Crippen LogP contribution in [-0.2, 0) is 4.79 Å². The first kappa shape index (κ1) is 11.5. The molecule has 0 spiro atoms. The van der Waals surface area contributed by atoms with Crippen LogP contribution in [0.5, 0.6) is 0 Å². The van der Waals surface area contributed by atoms with E-state index in [1.54, 1.807) is 0 Å². The largest absolute Gasteiger partial charge is 0.480 e. The molecule has 0 bridgehead atoms. The van der Waals surface area contributed by atoms with Crippen LogP contribution >= 0.6 is 0 Å². The van der Waals surface area contributed by atoms with Crippen molar-refractivity contribution in [3.05, 3.63) is 0 Å². The maximum Gasteiger partial charge on any atom is 0.320 e. The Balaban J connectivity index is 2.32. The lowest BCUT2D eigenvalue weighted by atomic mass is 9.82. The molecule has 0 aromatic heterocycles. The third kappa shape index (κ3) is 2.69. The monoisotopic (exact) mass is 201 g/mol. The van der Waals surface area contributed by atoms with Crippen LogP contribution in [0.4, 0.5) is 0 Å². The van der Waals surface area contributed by atoms with E-state index in [1.165, 1.54) is 0 Å². The Morgan fingerprint density at radius 2 is 2.14 bits per heavy atom. The number of rotatable bonds is 5. The predicted molar refractivity (Wildman–Crippen MR) is 53.1 cm³/mol. The van der Waals surface area contributed by atoms with Crippen molar-refractivity contribution in [2.75, 3.05) is 13.6 Å². The molecule has 1 aliphatic rings. The van der Waals surface area contributed by atoms with Gasteiger partial charge in [0.05, 0.1) is 6.10 Å². The van der Waals surface area contributed by atoms with Crippen molar-refractivity contribution >= 4 is 5.97 Å². The van der Waals surface area contributed by atoms with Crippen LogP contribution in [-0.4, -0.2) is 46.8 Å². The normalized spacial score (nSPS) is 28.6. The van der Waals surface area contributed by atoms with Gasteiger partial charge < -0.3 is 10.2 Å². The summed E-state index contributed by atoms with van der Waals surface area (Å²) in [5, 5.41) is 18.0. The SMILES string of the molecule is CCC(C(=O)O)N(C)CC1CC(O)C1. The van der Waals surface area contributed by atoms with E-state index in [0.29, 0.717) is 12.3 Å². The molecule has 0 aliphatic heterocycles. The number of carboxylic acids is 1. The Bertz CT molecular complexity index is 202. The van der Waals surface area contributed by atoms with Crippen molar-refractivity contribution in [2.45, 2.75) is 38.3 Å². The van der Waals surface area contributed by atoms with Crippen LogP contribution in [0, 0.1) is 5.92 Å². The molecule has 14 heavy (non-hydrogen) atoms. The van der Waals surface area contributed by atoms with E-state index in [1.807, 2.05) is 18.9 Å². The highest BCUT2D eigenvalue weighted by atomic mass is 16.4. The summed E-state index contributed by atoms with van der Waals surface area (Å²) in [6.07, 6.45) is 2.11. The molecule has 1 atom stereocenters. The minimum atomic E-state index is -0.755. The molecule has 1 aliphatic carbocycles. The zero-order chi connectivity index (χ0) is 10.7. The van der Waals surface area contributed by atoms with Gasteiger partial charge in [0, 0.05) is 6.54 Å². The van der Waals surface area contributed by atoms with E-state index in [9.17, 15) is 4.79 Å². The number of carbonyl (C=O) groups is 1. The maximum absolute atomic E-state index is 10.8. The minimum absolute atomic E-state index is 0.154. The summed E-state index contributed by atoms with van der Waals surface area (Å²) in [6.45, 7) is 2.66. The fourth-order valence-corrected chi connectivity index (χ4v) is 2.06. The summed E-state index contributed by atoms with van der Waals surface area (Å²) >= 11 is 0. The molecule has 1 fully saturated rings. The van der Waals surface area contributed by atoms with Crippen LogP contribution in [0.1, 0.15) is 26.2 Å². The molecule has 4 heteroatoms. The lowest BCUT2D eigenvalue weighted by molar-refractivity contribution is -0.143. The number of aliphatic hydroxyl groups is 1. The Morgan fingerprint density at radius 1 is 1.57 bits per heavy atom. The van der Waals surface area contributed by atoms with Crippen molar-refractivity contribution in [2.24, 2.45) is 5.92 Å². The zero-order valence-corrected chi connectivity index (χ0v) is 8.81. The third-order valence-corrected chi connectivity index (χ3v) is 2.96.